The number of carbonyl (C=O) groups is 1. The molecule has 0 spiro atoms. The van der Waals surface area contributed by atoms with Crippen LogP contribution in [0, 0.1) is 0 Å². The average molecular weight is 173 g/mol. The summed E-state index contributed by atoms with van der Waals surface area (Å²) < 4.78 is 0. The molecule has 0 aliphatic carbocycles. The summed E-state index contributed by atoms with van der Waals surface area (Å²) in [6, 6.07) is 0. The molecular formula is C7H11NO2S. The molecule has 0 amide bonds. The van der Waals surface area contributed by atoms with E-state index < -0.39 is 5.97 Å². The molecule has 0 unspecified atom stereocenters. The molecule has 0 radical (unpaired) electrons. The molecular weight excluding hydrogens is 162 g/mol. The zero-order valence-electron chi connectivity index (χ0n) is 6.66. The summed E-state index contributed by atoms with van der Waals surface area (Å²) in [6.45, 7) is 7.38. The molecule has 0 saturated heterocycles. The lowest BCUT2D eigenvalue weighted by Crippen LogP contribution is -2.25. The van der Waals surface area contributed by atoms with Crippen LogP contribution in [0.25, 0.3) is 0 Å². The summed E-state index contributed by atoms with van der Waals surface area (Å²) in [7, 11) is 0. The smallest absolute Gasteiger partial charge is 0.336 e. The van der Waals surface area contributed by atoms with Crippen LogP contribution in [-0.4, -0.2) is 23.1 Å². The Labute approximate surface area is 71.6 Å². The van der Waals surface area contributed by atoms with Gasteiger partial charge in [0.25, 0.3) is 0 Å². The quantitative estimate of drug-likeness (QED) is 0.364. The van der Waals surface area contributed by atoms with Crippen molar-refractivity contribution < 1.29 is 9.63 Å². The van der Waals surface area contributed by atoms with Crippen molar-refractivity contribution in [2.75, 3.05) is 6.54 Å². The molecule has 0 rings (SSSR count). The highest BCUT2D eigenvalue weighted by Crippen LogP contribution is 1.95. The normalized spacial score (nSPS) is 8.55. The van der Waals surface area contributed by atoms with Crippen LogP contribution in [-0.2, 0) is 9.63 Å². The second-order valence-corrected chi connectivity index (χ2v) is 2.21. The molecule has 4 heteroatoms. The van der Waals surface area contributed by atoms with Gasteiger partial charge in [0.05, 0.1) is 6.54 Å². The Morgan fingerprint density at radius 1 is 1.82 bits per heavy atom. The molecule has 0 aromatic heterocycles. The van der Waals surface area contributed by atoms with Crippen LogP contribution >= 0.6 is 12.2 Å². The summed E-state index contributed by atoms with van der Waals surface area (Å²) in [4.78, 5) is 15.6. The highest BCUT2D eigenvalue weighted by molar-refractivity contribution is 7.78. The first kappa shape index (κ1) is 10.1. The first-order valence-electron chi connectivity index (χ1n) is 3.21. The Morgan fingerprint density at radius 2 is 2.36 bits per heavy atom. The van der Waals surface area contributed by atoms with Crippen LogP contribution in [0.2, 0.25) is 0 Å². The van der Waals surface area contributed by atoms with Crippen molar-refractivity contribution in [2.45, 2.75) is 13.8 Å². The second kappa shape index (κ2) is 4.85. The number of nitrogens with zero attached hydrogens (tertiary/aromatic N) is 1. The van der Waals surface area contributed by atoms with Gasteiger partial charge in [-0.3, -0.25) is 0 Å². The van der Waals surface area contributed by atoms with Crippen molar-refractivity contribution in [3.8, 4) is 0 Å². The predicted molar refractivity (Wildman–Crippen MR) is 46.9 cm³/mol. The number of rotatable bonds is 4. The molecule has 0 aliphatic heterocycles. The van der Waals surface area contributed by atoms with Crippen molar-refractivity contribution in [1.29, 1.82) is 0 Å². The Morgan fingerprint density at radius 3 is 2.64 bits per heavy atom. The lowest BCUT2D eigenvalue weighted by atomic mass is 10.4. The van der Waals surface area contributed by atoms with E-state index >= 15 is 0 Å². The minimum absolute atomic E-state index is 0.361. The fourth-order valence-electron chi connectivity index (χ4n) is 0.345. The molecule has 3 nitrogen and oxygen atoms in total. The van der Waals surface area contributed by atoms with Crippen molar-refractivity contribution in [3.63, 3.8) is 0 Å². The molecule has 0 aliphatic rings. The minimum atomic E-state index is -0.451. The zero-order valence-corrected chi connectivity index (χ0v) is 7.48. The van der Waals surface area contributed by atoms with Crippen LogP contribution in [0.1, 0.15) is 13.8 Å². The molecule has 62 valence electrons. The Bertz CT molecular complexity index is 179. The van der Waals surface area contributed by atoms with E-state index in [0.717, 1.165) is 0 Å². The van der Waals surface area contributed by atoms with Gasteiger partial charge < -0.3 is 4.84 Å². The Balaban J connectivity index is 3.91. The maximum Gasteiger partial charge on any atom is 0.358 e. The molecule has 0 saturated carbocycles. The standard InChI is InChI=1S/C7H11NO2S/c1-4-8(5-11)10-7(9)6(2)3/h5H,2,4H2,1,3H3. The van der Waals surface area contributed by atoms with Crippen LogP contribution in [0.15, 0.2) is 12.2 Å². The maximum absolute atomic E-state index is 10.8. The third kappa shape index (κ3) is 3.72. The largest absolute Gasteiger partial charge is 0.358 e. The fraction of sp³-hybridized carbons (Fsp3) is 0.429. The number of hydrogen-bond donors (Lipinski definition) is 0. The van der Waals surface area contributed by atoms with E-state index in [1.54, 1.807) is 6.92 Å². The zero-order chi connectivity index (χ0) is 8.85. The van der Waals surface area contributed by atoms with Gasteiger partial charge in [-0.2, -0.15) is 0 Å². The minimum Gasteiger partial charge on any atom is -0.336 e. The molecule has 0 atom stereocenters. The summed E-state index contributed by atoms with van der Waals surface area (Å²) in [5.41, 5.74) is 1.64. The van der Waals surface area contributed by atoms with Crippen LogP contribution in [0.5, 0.6) is 0 Å². The average Bonchev–Trinajstić information content (AvgIpc) is 1.99. The SMILES string of the molecule is C=C(C)C(=O)ON(C=S)CC. The molecule has 0 aromatic rings. The van der Waals surface area contributed by atoms with Gasteiger partial charge in [-0.15, -0.1) is 0 Å². The topological polar surface area (TPSA) is 29.5 Å². The molecule has 0 N–H and O–H groups in total. The van der Waals surface area contributed by atoms with E-state index in [-0.39, 0.29) is 0 Å². The first-order chi connectivity index (χ1) is 5.11. The van der Waals surface area contributed by atoms with Crippen molar-refractivity contribution in [2.24, 2.45) is 0 Å². The number of thiocarbonyl (C=S) groups is 1. The van der Waals surface area contributed by atoms with Gasteiger partial charge in [0.15, 0.2) is 0 Å². The van der Waals surface area contributed by atoms with E-state index in [2.05, 4.69) is 18.8 Å². The molecule has 0 fully saturated rings. The summed E-state index contributed by atoms with van der Waals surface area (Å²) >= 11 is 4.57. The molecule has 11 heavy (non-hydrogen) atoms. The van der Waals surface area contributed by atoms with Gasteiger partial charge in [0.2, 0.25) is 0 Å². The lowest BCUT2D eigenvalue weighted by Gasteiger charge is -2.14. The van der Waals surface area contributed by atoms with E-state index in [1.807, 2.05) is 6.92 Å². The first-order valence-corrected chi connectivity index (χ1v) is 3.68. The van der Waals surface area contributed by atoms with Gasteiger partial charge in [-0.25, -0.2) is 9.86 Å². The highest BCUT2D eigenvalue weighted by atomic mass is 32.1. The fourth-order valence-corrected chi connectivity index (χ4v) is 0.537. The highest BCUT2D eigenvalue weighted by Gasteiger charge is 2.06. The van der Waals surface area contributed by atoms with Crippen LogP contribution < -0.4 is 0 Å². The van der Waals surface area contributed by atoms with Gasteiger partial charge in [-0.05, 0) is 13.8 Å². The number of hydroxylamine groups is 2. The van der Waals surface area contributed by atoms with Crippen LogP contribution in [0.3, 0.4) is 0 Å². The van der Waals surface area contributed by atoms with Crippen LogP contribution in [0.4, 0.5) is 0 Å². The van der Waals surface area contributed by atoms with E-state index in [1.165, 1.54) is 10.6 Å². The van der Waals surface area contributed by atoms with Crippen molar-refractivity contribution in [3.05, 3.63) is 12.2 Å². The van der Waals surface area contributed by atoms with Gasteiger partial charge in [0.1, 0.15) is 5.49 Å². The predicted octanol–water partition coefficient (Wildman–Crippen LogP) is 1.30. The van der Waals surface area contributed by atoms with E-state index in [0.29, 0.717) is 12.1 Å². The van der Waals surface area contributed by atoms with Crippen molar-refractivity contribution in [1.82, 2.24) is 5.06 Å². The van der Waals surface area contributed by atoms with Crippen molar-refractivity contribution >= 4 is 23.7 Å². The Hall–Kier alpha value is -0.900. The molecule has 0 aromatic carbocycles. The summed E-state index contributed by atoms with van der Waals surface area (Å²) in [6.07, 6.45) is 0. The Kier molecular flexibility index (Phi) is 4.45. The second-order valence-electron chi connectivity index (χ2n) is 2.00. The third-order valence-corrected chi connectivity index (χ3v) is 1.21. The number of hydrogen-bond acceptors (Lipinski definition) is 3. The monoisotopic (exact) mass is 173 g/mol. The van der Waals surface area contributed by atoms with E-state index in [4.69, 9.17) is 4.84 Å². The third-order valence-electron chi connectivity index (χ3n) is 0.978. The van der Waals surface area contributed by atoms with Gasteiger partial charge in [-0.1, -0.05) is 18.8 Å². The summed E-state index contributed by atoms with van der Waals surface area (Å²) in [5.74, 6) is -0.451. The lowest BCUT2D eigenvalue weighted by molar-refractivity contribution is -0.165. The van der Waals surface area contributed by atoms with Gasteiger partial charge >= 0.3 is 5.97 Å². The maximum atomic E-state index is 10.8. The van der Waals surface area contributed by atoms with E-state index in [9.17, 15) is 4.79 Å². The molecule has 0 bridgehead atoms. The number of carbonyl (C=O) groups excluding carboxylic acids is 1. The molecule has 0 heterocycles. The summed E-state index contributed by atoms with van der Waals surface area (Å²) in [5, 5.41) is 1.27. The van der Waals surface area contributed by atoms with Gasteiger partial charge in [0, 0.05) is 5.57 Å².